The Bertz CT molecular complexity index is 810. The summed E-state index contributed by atoms with van der Waals surface area (Å²) in [7, 11) is 0. The molecule has 3 N–H and O–H groups in total. The average Bonchev–Trinajstić information content (AvgIpc) is 2.70. The van der Waals surface area contributed by atoms with Crippen molar-refractivity contribution in [3.8, 4) is 5.75 Å². The number of carbonyl (C=O) groups is 2. The van der Waals surface area contributed by atoms with E-state index in [9.17, 15) is 9.59 Å². The van der Waals surface area contributed by atoms with E-state index in [-0.39, 0.29) is 5.11 Å². The van der Waals surface area contributed by atoms with Crippen LogP contribution in [-0.2, 0) is 0 Å². The van der Waals surface area contributed by atoms with Gasteiger partial charge in [-0.25, -0.2) is 0 Å². The Morgan fingerprint density at radius 3 is 2.18 bits per heavy atom. The molecule has 0 saturated carbocycles. The van der Waals surface area contributed by atoms with Gasteiger partial charge in [-0.3, -0.25) is 25.8 Å². The number of nitrogens with one attached hydrogen (secondary N) is 3. The molecule has 2 amide bonds. The van der Waals surface area contributed by atoms with Gasteiger partial charge in [0.05, 0.1) is 6.61 Å². The Kier molecular flexibility index (Phi) is 8.71. The number of hydrazine groups is 1. The van der Waals surface area contributed by atoms with Crippen molar-refractivity contribution in [3.63, 3.8) is 0 Å². The van der Waals surface area contributed by atoms with Gasteiger partial charge in [0, 0.05) is 16.1 Å². The molecule has 0 radical (unpaired) electrons. The molecule has 2 aromatic carbocycles. The molecular weight excluding hydrogens is 398 g/mol. The Balaban J connectivity index is 1.77. The number of ether oxygens (including phenoxy) is 1. The fraction of sp³-hybridized carbons (Fsp3) is 0.250. The maximum Gasteiger partial charge on any atom is 0.269 e. The summed E-state index contributed by atoms with van der Waals surface area (Å²) in [5.41, 5.74) is 5.73. The largest absolute Gasteiger partial charge is 0.494 e. The van der Waals surface area contributed by atoms with Crippen LogP contribution in [0.5, 0.6) is 5.75 Å². The molecule has 0 heterocycles. The number of thiocarbonyl (C=S) groups is 1. The minimum absolute atomic E-state index is 0.0211. The molecule has 0 aliphatic carbocycles. The third kappa shape index (κ3) is 7.17. The highest BCUT2D eigenvalue weighted by Gasteiger charge is 2.10. The SMILES string of the molecule is CCCCCOc1ccc(C(=O)NC(=S)NNC(=O)c2ccc(Cl)cc2)cc1. The van der Waals surface area contributed by atoms with E-state index >= 15 is 0 Å². The van der Waals surface area contributed by atoms with Crippen LogP contribution >= 0.6 is 23.8 Å². The number of benzene rings is 2. The summed E-state index contributed by atoms with van der Waals surface area (Å²) in [6.07, 6.45) is 3.26. The van der Waals surface area contributed by atoms with Crippen molar-refractivity contribution in [2.75, 3.05) is 6.61 Å². The first-order valence-corrected chi connectivity index (χ1v) is 9.68. The number of rotatable bonds is 7. The normalized spacial score (nSPS) is 10.1. The molecule has 0 aliphatic heterocycles. The molecule has 6 nitrogen and oxygen atoms in total. The molecule has 2 rings (SSSR count). The lowest BCUT2D eigenvalue weighted by Gasteiger charge is -2.11. The molecule has 0 fully saturated rings. The number of amides is 2. The molecule has 0 saturated heterocycles. The second kappa shape index (κ2) is 11.3. The van der Waals surface area contributed by atoms with Gasteiger partial charge in [0.25, 0.3) is 11.8 Å². The number of unbranched alkanes of at least 4 members (excludes halogenated alkanes) is 2. The topological polar surface area (TPSA) is 79.5 Å². The number of hydrogen-bond donors (Lipinski definition) is 3. The molecule has 2 aromatic rings. The number of hydrogen-bond acceptors (Lipinski definition) is 4. The summed E-state index contributed by atoms with van der Waals surface area (Å²) in [4.78, 5) is 24.2. The zero-order valence-corrected chi connectivity index (χ0v) is 17.0. The summed E-state index contributed by atoms with van der Waals surface area (Å²) < 4.78 is 5.61. The second-order valence-electron chi connectivity index (χ2n) is 5.95. The van der Waals surface area contributed by atoms with Gasteiger partial charge < -0.3 is 4.74 Å². The van der Waals surface area contributed by atoms with Crippen molar-refractivity contribution in [2.45, 2.75) is 26.2 Å². The fourth-order valence-corrected chi connectivity index (χ4v) is 2.51. The van der Waals surface area contributed by atoms with Crippen molar-refractivity contribution >= 4 is 40.7 Å². The molecule has 8 heteroatoms. The van der Waals surface area contributed by atoms with Gasteiger partial charge in [0.2, 0.25) is 0 Å². The Labute approximate surface area is 174 Å². The van der Waals surface area contributed by atoms with Gasteiger partial charge in [0.1, 0.15) is 5.75 Å². The first-order valence-electron chi connectivity index (χ1n) is 8.89. The van der Waals surface area contributed by atoms with Gasteiger partial charge in [-0.05, 0) is 67.2 Å². The molecule has 0 aliphatic rings. The molecule has 0 aromatic heterocycles. The third-order valence-corrected chi connectivity index (χ3v) is 4.21. The summed E-state index contributed by atoms with van der Waals surface area (Å²) in [5, 5.41) is 3.01. The average molecular weight is 420 g/mol. The lowest BCUT2D eigenvalue weighted by atomic mass is 10.2. The molecule has 0 bridgehead atoms. The van der Waals surface area contributed by atoms with Crippen molar-refractivity contribution < 1.29 is 14.3 Å². The maximum atomic E-state index is 12.2. The van der Waals surface area contributed by atoms with Gasteiger partial charge in [-0.15, -0.1) is 0 Å². The summed E-state index contributed by atoms with van der Waals surface area (Å²) >= 11 is 10.8. The standard InChI is InChI=1S/C20H22ClN3O3S/c1-2-3-4-13-27-17-11-7-14(8-12-17)18(25)22-20(28)24-23-19(26)15-5-9-16(21)10-6-15/h5-12H,2-4,13H2,1H3,(H,23,26)(H2,22,24,25,28). The lowest BCUT2D eigenvalue weighted by molar-refractivity contribution is 0.0934. The molecular formula is C20H22ClN3O3S. The van der Waals surface area contributed by atoms with E-state index in [1.807, 2.05) is 0 Å². The number of halogens is 1. The van der Waals surface area contributed by atoms with Crippen molar-refractivity contribution in [1.29, 1.82) is 0 Å². The zero-order chi connectivity index (χ0) is 20.4. The van der Waals surface area contributed by atoms with Crippen LogP contribution in [0.4, 0.5) is 0 Å². The van der Waals surface area contributed by atoms with Gasteiger partial charge in [-0.1, -0.05) is 31.4 Å². The predicted octanol–water partition coefficient (Wildman–Crippen LogP) is 3.86. The predicted molar refractivity (Wildman–Crippen MR) is 114 cm³/mol. The van der Waals surface area contributed by atoms with Crippen LogP contribution < -0.4 is 20.9 Å². The van der Waals surface area contributed by atoms with E-state index in [2.05, 4.69) is 23.1 Å². The van der Waals surface area contributed by atoms with Crippen LogP contribution in [0.3, 0.4) is 0 Å². The monoisotopic (exact) mass is 419 g/mol. The van der Waals surface area contributed by atoms with Crippen LogP contribution in [-0.4, -0.2) is 23.5 Å². The van der Waals surface area contributed by atoms with Gasteiger partial charge in [0.15, 0.2) is 5.11 Å². The van der Waals surface area contributed by atoms with Gasteiger partial charge >= 0.3 is 0 Å². The summed E-state index contributed by atoms with van der Waals surface area (Å²) in [6.45, 7) is 2.79. The highest BCUT2D eigenvalue weighted by Crippen LogP contribution is 2.13. The molecule has 148 valence electrons. The highest BCUT2D eigenvalue weighted by molar-refractivity contribution is 7.80. The highest BCUT2D eigenvalue weighted by atomic mass is 35.5. The zero-order valence-electron chi connectivity index (χ0n) is 15.5. The van der Waals surface area contributed by atoms with Gasteiger partial charge in [-0.2, -0.15) is 0 Å². The first-order chi connectivity index (χ1) is 13.5. The van der Waals surface area contributed by atoms with E-state index in [1.54, 1.807) is 48.5 Å². The molecule has 0 atom stereocenters. The Morgan fingerprint density at radius 2 is 1.54 bits per heavy atom. The van der Waals surface area contributed by atoms with E-state index in [1.165, 1.54) is 0 Å². The Morgan fingerprint density at radius 1 is 0.929 bits per heavy atom. The van der Waals surface area contributed by atoms with E-state index < -0.39 is 11.8 Å². The minimum Gasteiger partial charge on any atom is -0.494 e. The van der Waals surface area contributed by atoms with Crippen LogP contribution in [0.1, 0.15) is 46.9 Å². The Hall–Kier alpha value is -2.64. The quantitative estimate of drug-likeness (QED) is 0.361. The first kappa shape index (κ1) is 21.7. The van der Waals surface area contributed by atoms with Crippen molar-refractivity contribution in [3.05, 3.63) is 64.7 Å². The lowest BCUT2D eigenvalue weighted by Crippen LogP contribution is -2.48. The van der Waals surface area contributed by atoms with Crippen molar-refractivity contribution in [2.24, 2.45) is 0 Å². The summed E-state index contributed by atoms with van der Waals surface area (Å²) in [5.74, 6) is -0.0859. The van der Waals surface area contributed by atoms with Crippen LogP contribution in [0.15, 0.2) is 48.5 Å². The van der Waals surface area contributed by atoms with Crippen LogP contribution in [0.25, 0.3) is 0 Å². The minimum atomic E-state index is -0.405. The summed E-state index contributed by atoms with van der Waals surface area (Å²) in [6, 6.07) is 13.1. The maximum absolute atomic E-state index is 12.2. The van der Waals surface area contributed by atoms with E-state index in [0.29, 0.717) is 28.5 Å². The fourth-order valence-electron chi connectivity index (χ4n) is 2.24. The van der Waals surface area contributed by atoms with E-state index in [0.717, 1.165) is 19.3 Å². The van der Waals surface area contributed by atoms with Crippen LogP contribution in [0.2, 0.25) is 5.02 Å². The third-order valence-electron chi connectivity index (χ3n) is 3.76. The molecule has 0 spiro atoms. The second-order valence-corrected chi connectivity index (χ2v) is 6.79. The van der Waals surface area contributed by atoms with E-state index in [4.69, 9.17) is 28.6 Å². The number of carbonyl (C=O) groups excluding carboxylic acids is 2. The van der Waals surface area contributed by atoms with Crippen LogP contribution in [0, 0.1) is 0 Å². The van der Waals surface area contributed by atoms with Crippen molar-refractivity contribution in [1.82, 2.24) is 16.2 Å². The molecule has 0 unspecified atom stereocenters. The molecule has 28 heavy (non-hydrogen) atoms. The smallest absolute Gasteiger partial charge is 0.269 e.